The van der Waals surface area contributed by atoms with E-state index in [0.717, 1.165) is 39.0 Å². The summed E-state index contributed by atoms with van der Waals surface area (Å²) in [4.78, 5) is 38.7. The van der Waals surface area contributed by atoms with E-state index in [4.69, 9.17) is 19.8 Å². The topological polar surface area (TPSA) is 108 Å². The molecule has 0 bridgehead atoms. The molecule has 0 radical (unpaired) electrons. The Bertz CT molecular complexity index is 855. The van der Waals surface area contributed by atoms with Gasteiger partial charge >= 0.3 is 11.9 Å². The van der Waals surface area contributed by atoms with Gasteiger partial charge in [0.1, 0.15) is 5.03 Å². The summed E-state index contributed by atoms with van der Waals surface area (Å²) in [5.41, 5.74) is 2.79. The van der Waals surface area contributed by atoms with Crippen molar-refractivity contribution in [2.75, 3.05) is 26.4 Å². The number of hydrogen-bond acceptors (Lipinski definition) is 7. The molecule has 0 spiro atoms. The molecule has 170 valence electrons. The third-order valence-electron chi connectivity index (χ3n) is 4.20. The third-order valence-corrected chi connectivity index (χ3v) is 6.14. The number of aryl methyl sites for hydroxylation is 2. The first-order valence-electron chi connectivity index (χ1n) is 9.93. The van der Waals surface area contributed by atoms with Crippen LogP contribution < -0.4 is 0 Å². The second-order valence-corrected chi connectivity index (χ2v) is 9.27. The zero-order valence-corrected chi connectivity index (χ0v) is 20.0. The van der Waals surface area contributed by atoms with Gasteiger partial charge in [0, 0.05) is 5.69 Å². The van der Waals surface area contributed by atoms with Crippen LogP contribution in [0, 0.1) is 13.8 Å². The molecule has 0 unspecified atom stereocenters. The molecular weight excluding hydrogens is 436 g/mol. The number of aliphatic carboxylic acids is 2. The molecule has 2 heterocycles. The van der Waals surface area contributed by atoms with Crippen molar-refractivity contribution in [2.45, 2.75) is 44.6 Å². The molecule has 9 heteroatoms. The van der Waals surface area contributed by atoms with Gasteiger partial charge in [0.15, 0.2) is 0 Å². The normalized spacial score (nSPS) is 10.5. The number of thioether (sulfide) groups is 1. The number of carbonyl (C=O) groups is 3. The van der Waals surface area contributed by atoms with E-state index in [9.17, 15) is 4.79 Å². The van der Waals surface area contributed by atoms with Gasteiger partial charge in [-0.3, -0.25) is 4.79 Å². The van der Waals surface area contributed by atoms with Crippen LogP contribution in [0.5, 0.6) is 0 Å². The number of carboxylic acid groups (broad SMARTS) is 2. The Hall–Kier alpha value is -2.23. The van der Waals surface area contributed by atoms with Gasteiger partial charge in [-0.05, 0) is 76.2 Å². The number of carboxylic acids is 2. The molecule has 0 saturated carbocycles. The minimum Gasteiger partial charge on any atom is -0.473 e. The Morgan fingerprint density at radius 2 is 1.71 bits per heavy atom. The van der Waals surface area contributed by atoms with E-state index >= 15 is 0 Å². The van der Waals surface area contributed by atoms with Crippen LogP contribution in [-0.4, -0.2) is 64.2 Å². The molecule has 0 amide bonds. The lowest BCUT2D eigenvalue weighted by molar-refractivity contribution is -0.159. The van der Waals surface area contributed by atoms with E-state index in [0.29, 0.717) is 0 Å². The molecule has 7 nitrogen and oxygen atoms in total. The van der Waals surface area contributed by atoms with Gasteiger partial charge in [-0.25, -0.2) is 14.6 Å². The molecule has 0 aromatic carbocycles. The number of aromatic nitrogens is 1. The average molecular weight is 467 g/mol. The SMILES string of the molecule is Cc1cc(C)c(C(=O)c2cccs2)c(SCCCCCCN(C)C)n1.O=C(O)C(=O)O. The van der Waals surface area contributed by atoms with Crippen molar-refractivity contribution in [2.24, 2.45) is 0 Å². The zero-order chi connectivity index (χ0) is 23.4. The standard InChI is InChI=1S/C20H28N2OS2.C2H2O4/c1-15-14-16(2)21-20(18(15)19(23)17-10-9-13-24-17)25-12-8-6-5-7-11-22(3)4;3-1(4)2(5)6/h9-10,13-14H,5-8,11-12H2,1-4H3;(H,3,4)(H,5,6). The maximum absolute atomic E-state index is 12.9. The monoisotopic (exact) mass is 466 g/mol. The highest BCUT2D eigenvalue weighted by molar-refractivity contribution is 7.99. The van der Waals surface area contributed by atoms with Crippen molar-refractivity contribution in [1.82, 2.24) is 9.88 Å². The number of rotatable bonds is 10. The van der Waals surface area contributed by atoms with E-state index < -0.39 is 11.9 Å². The zero-order valence-electron chi connectivity index (χ0n) is 18.4. The second-order valence-electron chi connectivity index (χ2n) is 7.24. The van der Waals surface area contributed by atoms with Crippen molar-refractivity contribution in [3.8, 4) is 0 Å². The van der Waals surface area contributed by atoms with Crippen LogP contribution in [0.15, 0.2) is 28.6 Å². The molecule has 0 aliphatic carbocycles. The van der Waals surface area contributed by atoms with Crippen molar-refractivity contribution in [3.63, 3.8) is 0 Å². The molecule has 2 rings (SSSR count). The first-order chi connectivity index (χ1) is 14.6. The van der Waals surface area contributed by atoms with Crippen molar-refractivity contribution in [3.05, 3.63) is 45.3 Å². The van der Waals surface area contributed by atoms with Crippen molar-refractivity contribution >= 4 is 40.8 Å². The lowest BCUT2D eigenvalue weighted by Gasteiger charge is -2.12. The predicted octanol–water partition coefficient (Wildman–Crippen LogP) is 4.36. The highest BCUT2D eigenvalue weighted by Gasteiger charge is 2.19. The lowest BCUT2D eigenvalue weighted by atomic mass is 10.1. The summed E-state index contributed by atoms with van der Waals surface area (Å²) in [5.74, 6) is -2.53. The quantitative estimate of drug-likeness (QED) is 0.230. The summed E-state index contributed by atoms with van der Waals surface area (Å²) >= 11 is 3.22. The molecule has 2 aromatic rings. The van der Waals surface area contributed by atoms with Crippen LogP contribution in [0.1, 0.15) is 52.2 Å². The molecule has 2 aromatic heterocycles. The molecule has 0 saturated heterocycles. The summed E-state index contributed by atoms with van der Waals surface area (Å²) in [6.07, 6.45) is 4.92. The highest BCUT2D eigenvalue weighted by atomic mass is 32.2. The maximum atomic E-state index is 12.9. The van der Waals surface area contributed by atoms with Gasteiger partial charge in [-0.2, -0.15) is 0 Å². The van der Waals surface area contributed by atoms with Crippen molar-refractivity contribution in [1.29, 1.82) is 0 Å². The summed E-state index contributed by atoms with van der Waals surface area (Å²) in [6, 6.07) is 5.83. The van der Waals surface area contributed by atoms with Crippen LogP contribution in [0.2, 0.25) is 0 Å². The number of thiophene rings is 1. The number of hydrogen-bond donors (Lipinski definition) is 2. The minimum absolute atomic E-state index is 0.105. The third kappa shape index (κ3) is 10.1. The number of carbonyl (C=O) groups excluding carboxylic acids is 1. The fraction of sp³-hybridized carbons (Fsp3) is 0.455. The minimum atomic E-state index is -1.82. The summed E-state index contributed by atoms with van der Waals surface area (Å²) in [7, 11) is 4.24. The number of ketones is 1. The molecule has 0 fully saturated rings. The smallest absolute Gasteiger partial charge is 0.414 e. The molecular formula is C22H30N2O5S2. The number of nitrogens with zero attached hydrogens (tertiary/aromatic N) is 2. The van der Waals surface area contributed by atoms with Gasteiger partial charge < -0.3 is 15.1 Å². The van der Waals surface area contributed by atoms with Gasteiger partial charge in [0.2, 0.25) is 5.78 Å². The van der Waals surface area contributed by atoms with Crippen LogP contribution in [-0.2, 0) is 9.59 Å². The van der Waals surface area contributed by atoms with Crippen LogP contribution >= 0.6 is 23.1 Å². The molecule has 0 atom stereocenters. The highest BCUT2D eigenvalue weighted by Crippen LogP contribution is 2.28. The van der Waals surface area contributed by atoms with E-state index in [1.165, 1.54) is 37.0 Å². The van der Waals surface area contributed by atoms with E-state index in [1.54, 1.807) is 11.8 Å². The second kappa shape index (κ2) is 14.0. The molecule has 0 aliphatic rings. The predicted molar refractivity (Wildman–Crippen MR) is 124 cm³/mol. The van der Waals surface area contributed by atoms with Gasteiger partial charge in [0.25, 0.3) is 0 Å². The number of pyridine rings is 1. The fourth-order valence-electron chi connectivity index (χ4n) is 2.77. The fourth-order valence-corrected chi connectivity index (χ4v) is 4.58. The van der Waals surface area contributed by atoms with Gasteiger partial charge in [-0.1, -0.05) is 18.9 Å². The van der Waals surface area contributed by atoms with Crippen LogP contribution in [0.3, 0.4) is 0 Å². The Kier molecular flexibility index (Phi) is 12.1. The lowest BCUT2D eigenvalue weighted by Crippen LogP contribution is -2.12. The summed E-state index contributed by atoms with van der Waals surface area (Å²) in [6.45, 7) is 5.17. The summed E-state index contributed by atoms with van der Waals surface area (Å²) < 4.78 is 0. The molecule has 2 N–H and O–H groups in total. The van der Waals surface area contributed by atoms with E-state index in [-0.39, 0.29) is 5.78 Å². The number of unbranched alkanes of at least 4 members (excludes halogenated alkanes) is 3. The Morgan fingerprint density at radius 3 is 2.26 bits per heavy atom. The first-order valence-corrected chi connectivity index (χ1v) is 11.8. The Morgan fingerprint density at radius 1 is 1.06 bits per heavy atom. The Balaban J connectivity index is 0.000000703. The molecule has 0 aliphatic heterocycles. The molecule has 31 heavy (non-hydrogen) atoms. The van der Waals surface area contributed by atoms with Crippen LogP contribution in [0.4, 0.5) is 0 Å². The summed E-state index contributed by atoms with van der Waals surface area (Å²) in [5, 5.41) is 17.6. The Labute approximate surface area is 191 Å². The van der Waals surface area contributed by atoms with E-state index in [2.05, 4.69) is 24.0 Å². The van der Waals surface area contributed by atoms with Crippen LogP contribution in [0.25, 0.3) is 0 Å². The maximum Gasteiger partial charge on any atom is 0.414 e. The van der Waals surface area contributed by atoms with Gasteiger partial charge in [0.05, 0.1) is 10.4 Å². The average Bonchev–Trinajstić information content (AvgIpc) is 3.21. The van der Waals surface area contributed by atoms with Gasteiger partial charge in [-0.15, -0.1) is 23.1 Å². The van der Waals surface area contributed by atoms with Crippen molar-refractivity contribution < 1.29 is 24.6 Å². The largest absolute Gasteiger partial charge is 0.473 e. The van der Waals surface area contributed by atoms with E-state index in [1.807, 2.05) is 37.4 Å². The first kappa shape index (κ1) is 26.8.